The largest absolute Gasteiger partial charge is 0.317 e. The predicted molar refractivity (Wildman–Crippen MR) is 79.2 cm³/mol. The Hall–Kier alpha value is -0.970. The third kappa shape index (κ3) is 3.03. The number of piperidine rings is 1. The summed E-state index contributed by atoms with van der Waals surface area (Å²) >= 11 is 0. The van der Waals surface area contributed by atoms with Crippen LogP contribution in [0.1, 0.15) is 24.4 Å². The summed E-state index contributed by atoms with van der Waals surface area (Å²) in [7, 11) is 2.18. The third-order valence-electron chi connectivity index (χ3n) is 4.66. The molecule has 1 aromatic rings. The minimum atomic E-state index is -0.147. The lowest BCUT2D eigenvalue weighted by Gasteiger charge is -2.45. The van der Waals surface area contributed by atoms with Crippen molar-refractivity contribution in [3.8, 4) is 0 Å². The van der Waals surface area contributed by atoms with Gasteiger partial charge in [-0.3, -0.25) is 4.90 Å². The van der Waals surface area contributed by atoms with Crippen LogP contribution in [0.3, 0.4) is 0 Å². The normalized spacial score (nSPS) is 26.8. The summed E-state index contributed by atoms with van der Waals surface area (Å²) in [4.78, 5) is 5.03. The van der Waals surface area contributed by atoms with E-state index in [9.17, 15) is 4.39 Å². The van der Waals surface area contributed by atoms with Crippen LogP contribution in [0.15, 0.2) is 24.3 Å². The number of likely N-dealkylation sites (N-methyl/N-ethyl adjacent to an activating group) is 1. The topological polar surface area (TPSA) is 18.5 Å². The van der Waals surface area contributed by atoms with Gasteiger partial charge in [-0.05, 0) is 50.7 Å². The molecule has 1 N–H and O–H groups in total. The summed E-state index contributed by atoms with van der Waals surface area (Å²) < 4.78 is 13.2. The van der Waals surface area contributed by atoms with Gasteiger partial charge >= 0.3 is 0 Å². The third-order valence-corrected chi connectivity index (χ3v) is 4.66. The van der Waals surface area contributed by atoms with E-state index in [1.165, 1.54) is 18.4 Å². The van der Waals surface area contributed by atoms with Gasteiger partial charge in [-0.15, -0.1) is 0 Å². The summed E-state index contributed by atoms with van der Waals surface area (Å²) in [5.41, 5.74) is 1.25. The lowest BCUT2D eigenvalue weighted by atomic mass is 9.96. The van der Waals surface area contributed by atoms with Crippen molar-refractivity contribution in [2.24, 2.45) is 0 Å². The van der Waals surface area contributed by atoms with E-state index in [2.05, 4.69) is 22.2 Å². The van der Waals surface area contributed by atoms with Crippen molar-refractivity contribution in [1.29, 1.82) is 0 Å². The quantitative estimate of drug-likeness (QED) is 0.890. The number of nitrogens with zero attached hydrogens (tertiary/aromatic N) is 2. The van der Waals surface area contributed by atoms with E-state index >= 15 is 0 Å². The van der Waals surface area contributed by atoms with Gasteiger partial charge in [0.15, 0.2) is 0 Å². The van der Waals surface area contributed by atoms with Crippen molar-refractivity contribution in [2.45, 2.75) is 24.9 Å². The number of nitrogens with one attached hydrogen (secondary N) is 1. The van der Waals surface area contributed by atoms with Gasteiger partial charge in [0.25, 0.3) is 0 Å². The van der Waals surface area contributed by atoms with E-state index in [1.54, 1.807) is 12.1 Å². The maximum absolute atomic E-state index is 13.2. The summed E-state index contributed by atoms with van der Waals surface area (Å²) in [5.74, 6) is -0.147. The molecule has 3 rings (SSSR count). The van der Waals surface area contributed by atoms with Crippen molar-refractivity contribution >= 4 is 0 Å². The van der Waals surface area contributed by atoms with Crippen LogP contribution in [0.5, 0.6) is 0 Å². The fourth-order valence-electron chi connectivity index (χ4n) is 3.49. The highest BCUT2D eigenvalue weighted by molar-refractivity contribution is 5.21. The van der Waals surface area contributed by atoms with Crippen LogP contribution >= 0.6 is 0 Å². The Morgan fingerprint density at radius 3 is 2.50 bits per heavy atom. The zero-order chi connectivity index (χ0) is 13.9. The Bertz CT molecular complexity index is 428. The van der Waals surface area contributed by atoms with E-state index in [1.807, 2.05) is 12.1 Å². The van der Waals surface area contributed by atoms with Crippen LogP contribution in [0, 0.1) is 5.82 Å². The standard InChI is InChI=1S/C16H24FN3/c1-19-10-11-20(15-6-8-18-9-7-15)16(12-19)13-2-4-14(17)5-3-13/h2-5,15-16,18H,6-12H2,1H3. The lowest BCUT2D eigenvalue weighted by molar-refractivity contribution is 0.0391. The number of piperazine rings is 1. The molecule has 2 heterocycles. The second kappa shape index (κ2) is 6.20. The zero-order valence-corrected chi connectivity index (χ0v) is 12.2. The first-order valence-corrected chi connectivity index (χ1v) is 7.64. The van der Waals surface area contributed by atoms with Crippen LogP contribution < -0.4 is 5.32 Å². The molecular weight excluding hydrogens is 253 g/mol. The van der Waals surface area contributed by atoms with Crippen LogP contribution in [0.4, 0.5) is 4.39 Å². The molecule has 0 amide bonds. The first-order valence-electron chi connectivity index (χ1n) is 7.64. The van der Waals surface area contributed by atoms with Gasteiger partial charge in [0.2, 0.25) is 0 Å². The van der Waals surface area contributed by atoms with E-state index in [0.29, 0.717) is 12.1 Å². The molecule has 0 radical (unpaired) electrons. The number of hydrogen-bond acceptors (Lipinski definition) is 3. The predicted octanol–water partition coefficient (Wildman–Crippen LogP) is 1.87. The first kappa shape index (κ1) is 14.0. The summed E-state index contributed by atoms with van der Waals surface area (Å²) in [6.07, 6.45) is 2.45. The monoisotopic (exact) mass is 277 g/mol. The van der Waals surface area contributed by atoms with Gasteiger partial charge in [-0.2, -0.15) is 0 Å². The van der Waals surface area contributed by atoms with Crippen LogP contribution in [0.2, 0.25) is 0 Å². The maximum Gasteiger partial charge on any atom is 0.123 e. The Morgan fingerprint density at radius 1 is 1.10 bits per heavy atom. The first-order chi connectivity index (χ1) is 9.74. The van der Waals surface area contributed by atoms with Gasteiger partial charge in [0, 0.05) is 31.7 Å². The molecule has 1 atom stereocenters. The number of benzene rings is 1. The van der Waals surface area contributed by atoms with Gasteiger partial charge in [-0.25, -0.2) is 4.39 Å². The Kier molecular flexibility index (Phi) is 4.34. The average Bonchev–Trinajstić information content (AvgIpc) is 2.49. The van der Waals surface area contributed by atoms with Gasteiger partial charge < -0.3 is 10.2 Å². The minimum absolute atomic E-state index is 0.147. The molecule has 0 aromatic heterocycles. The molecule has 1 unspecified atom stereocenters. The van der Waals surface area contributed by atoms with E-state index in [0.717, 1.165) is 32.7 Å². The van der Waals surface area contributed by atoms with Crippen molar-refractivity contribution in [3.63, 3.8) is 0 Å². The highest BCUT2D eigenvalue weighted by Crippen LogP contribution is 2.29. The average molecular weight is 277 g/mol. The fraction of sp³-hybridized carbons (Fsp3) is 0.625. The number of halogens is 1. The molecule has 1 aromatic carbocycles. The smallest absolute Gasteiger partial charge is 0.123 e. The van der Waals surface area contributed by atoms with E-state index in [4.69, 9.17) is 0 Å². The van der Waals surface area contributed by atoms with Crippen molar-refractivity contribution in [1.82, 2.24) is 15.1 Å². The molecular formula is C16H24FN3. The fourth-order valence-corrected chi connectivity index (χ4v) is 3.49. The Labute approximate surface area is 120 Å². The molecule has 0 saturated carbocycles. The van der Waals surface area contributed by atoms with Gasteiger partial charge in [0.05, 0.1) is 0 Å². The second-order valence-electron chi connectivity index (χ2n) is 6.05. The molecule has 20 heavy (non-hydrogen) atoms. The van der Waals surface area contributed by atoms with Crippen LogP contribution in [0.25, 0.3) is 0 Å². The van der Waals surface area contributed by atoms with Crippen LogP contribution in [-0.4, -0.2) is 55.6 Å². The molecule has 0 aliphatic carbocycles. The number of rotatable bonds is 2. The van der Waals surface area contributed by atoms with E-state index < -0.39 is 0 Å². The summed E-state index contributed by atoms with van der Waals surface area (Å²) in [6, 6.07) is 8.15. The maximum atomic E-state index is 13.2. The van der Waals surface area contributed by atoms with Crippen molar-refractivity contribution < 1.29 is 4.39 Å². The van der Waals surface area contributed by atoms with Crippen LogP contribution in [-0.2, 0) is 0 Å². The highest BCUT2D eigenvalue weighted by Gasteiger charge is 2.32. The Balaban J connectivity index is 1.80. The molecule has 0 spiro atoms. The zero-order valence-electron chi connectivity index (χ0n) is 12.2. The van der Waals surface area contributed by atoms with Crippen molar-refractivity contribution in [2.75, 3.05) is 39.8 Å². The summed E-state index contributed by atoms with van der Waals surface area (Å²) in [6.45, 7) is 5.51. The molecule has 0 bridgehead atoms. The molecule has 3 nitrogen and oxygen atoms in total. The molecule has 110 valence electrons. The number of hydrogen-bond donors (Lipinski definition) is 1. The van der Waals surface area contributed by atoms with Crippen molar-refractivity contribution in [3.05, 3.63) is 35.6 Å². The Morgan fingerprint density at radius 2 is 1.80 bits per heavy atom. The molecule has 2 aliphatic heterocycles. The summed E-state index contributed by atoms with van der Waals surface area (Å²) in [5, 5.41) is 3.44. The second-order valence-corrected chi connectivity index (χ2v) is 6.05. The SMILES string of the molecule is CN1CCN(C2CCNCC2)C(c2ccc(F)cc2)C1. The van der Waals surface area contributed by atoms with E-state index in [-0.39, 0.29) is 5.82 Å². The lowest BCUT2D eigenvalue weighted by Crippen LogP contribution is -2.53. The molecule has 4 heteroatoms. The van der Waals surface area contributed by atoms with Gasteiger partial charge in [-0.1, -0.05) is 12.1 Å². The highest BCUT2D eigenvalue weighted by atomic mass is 19.1. The van der Waals surface area contributed by atoms with Gasteiger partial charge in [0.1, 0.15) is 5.82 Å². The molecule has 2 fully saturated rings. The molecule has 2 saturated heterocycles. The minimum Gasteiger partial charge on any atom is -0.317 e. The molecule has 2 aliphatic rings.